The van der Waals surface area contributed by atoms with E-state index >= 15 is 0 Å². The molecule has 0 unspecified atom stereocenters. The smallest absolute Gasteiger partial charge is 0.195 e. The van der Waals surface area contributed by atoms with E-state index in [1.165, 1.54) is 5.56 Å². The second-order valence-corrected chi connectivity index (χ2v) is 7.67. The first kappa shape index (κ1) is 18.8. The molecule has 0 fully saturated rings. The number of aromatic nitrogens is 1. The van der Waals surface area contributed by atoms with Crippen molar-refractivity contribution in [3.63, 3.8) is 0 Å². The second-order valence-electron chi connectivity index (χ2n) is 7.67. The summed E-state index contributed by atoms with van der Waals surface area (Å²) in [6, 6.07) is 14.1. The molecule has 0 aliphatic rings. The van der Waals surface area contributed by atoms with Crippen LogP contribution in [0.25, 0.3) is 22.2 Å². The molecule has 0 bridgehead atoms. The third kappa shape index (κ3) is 3.17. The summed E-state index contributed by atoms with van der Waals surface area (Å²) < 4.78 is 0. The van der Waals surface area contributed by atoms with Gasteiger partial charge in [0.15, 0.2) is 5.78 Å². The topological polar surface area (TPSA) is 73.3 Å². The quantitative estimate of drug-likeness (QED) is 0.395. The van der Waals surface area contributed by atoms with Gasteiger partial charge in [0.05, 0.1) is 16.8 Å². The monoisotopic (exact) mass is 385 g/mol. The fourth-order valence-electron chi connectivity index (χ4n) is 3.71. The summed E-state index contributed by atoms with van der Waals surface area (Å²) in [7, 11) is 0. The third-order valence-electron chi connectivity index (χ3n) is 5.70. The number of rotatable bonds is 3. The molecule has 1 aromatic heterocycles. The Labute approximate surface area is 169 Å². The van der Waals surface area contributed by atoms with E-state index in [2.05, 4.69) is 4.98 Å². The molecule has 4 nitrogen and oxygen atoms in total. The van der Waals surface area contributed by atoms with Crippen LogP contribution in [-0.2, 0) is 0 Å². The van der Waals surface area contributed by atoms with Crippen LogP contribution < -0.4 is 0 Å². The maximum absolute atomic E-state index is 13.6. The van der Waals surface area contributed by atoms with Crippen molar-refractivity contribution in [2.75, 3.05) is 0 Å². The van der Waals surface area contributed by atoms with Gasteiger partial charge in [-0.05, 0) is 80.3 Å². The van der Waals surface area contributed by atoms with Crippen LogP contribution in [0.15, 0.2) is 48.5 Å². The van der Waals surface area contributed by atoms with Crippen molar-refractivity contribution < 1.29 is 15.0 Å². The molecule has 0 saturated heterocycles. The minimum Gasteiger partial charge on any atom is -0.508 e. The zero-order valence-electron chi connectivity index (χ0n) is 16.9. The Morgan fingerprint density at radius 2 is 1.52 bits per heavy atom. The number of aromatic amines is 1. The van der Waals surface area contributed by atoms with Crippen molar-refractivity contribution in [3.8, 4) is 22.8 Å². The highest BCUT2D eigenvalue weighted by atomic mass is 16.3. The number of aromatic hydroxyl groups is 2. The summed E-state index contributed by atoms with van der Waals surface area (Å²) in [5.74, 6) is 0.200. The van der Waals surface area contributed by atoms with Gasteiger partial charge in [-0.1, -0.05) is 12.1 Å². The number of nitrogens with one attached hydrogen (secondary N) is 1. The standard InChI is InChI=1S/C25H23NO3/c1-13-5-6-17(11-22(13)28)24-23(20-8-7-19(27)12-21(20)26-24)25(29)18-9-14(2)16(4)15(3)10-18/h5-12,26-28H,1-4H3. The predicted octanol–water partition coefficient (Wildman–Crippen LogP) is 5.71. The summed E-state index contributed by atoms with van der Waals surface area (Å²) >= 11 is 0. The first-order valence-corrected chi connectivity index (χ1v) is 9.53. The highest BCUT2D eigenvalue weighted by molar-refractivity contribution is 6.20. The molecule has 0 spiro atoms. The van der Waals surface area contributed by atoms with Crippen LogP contribution in [0, 0.1) is 27.7 Å². The van der Waals surface area contributed by atoms with E-state index < -0.39 is 0 Å². The Hall–Kier alpha value is -3.53. The Morgan fingerprint density at radius 3 is 2.17 bits per heavy atom. The first-order valence-electron chi connectivity index (χ1n) is 9.53. The number of carbonyl (C=O) groups excluding carboxylic acids is 1. The van der Waals surface area contributed by atoms with E-state index in [-0.39, 0.29) is 17.3 Å². The molecule has 4 rings (SSSR count). The Balaban J connectivity index is 1.99. The highest BCUT2D eigenvalue weighted by Gasteiger charge is 2.22. The Bertz CT molecular complexity index is 1260. The fraction of sp³-hybridized carbons (Fsp3) is 0.160. The van der Waals surface area contributed by atoms with E-state index in [0.29, 0.717) is 27.9 Å². The van der Waals surface area contributed by atoms with E-state index in [1.54, 1.807) is 24.3 Å². The van der Waals surface area contributed by atoms with Crippen LogP contribution in [0.5, 0.6) is 11.5 Å². The van der Waals surface area contributed by atoms with Crippen LogP contribution in [-0.4, -0.2) is 21.0 Å². The number of phenolic OH excluding ortho intramolecular Hbond substituents is 2. The number of hydrogen-bond donors (Lipinski definition) is 3. The average molecular weight is 385 g/mol. The molecule has 3 aromatic carbocycles. The van der Waals surface area contributed by atoms with Crippen LogP contribution in [0.2, 0.25) is 0 Å². The van der Waals surface area contributed by atoms with E-state index in [1.807, 2.05) is 52.0 Å². The van der Waals surface area contributed by atoms with Crippen LogP contribution in [0.4, 0.5) is 0 Å². The number of benzene rings is 3. The van der Waals surface area contributed by atoms with Crippen molar-refractivity contribution in [2.45, 2.75) is 27.7 Å². The van der Waals surface area contributed by atoms with Gasteiger partial charge in [0, 0.05) is 22.6 Å². The van der Waals surface area contributed by atoms with Crippen LogP contribution >= 0.6 is 0 Å². The summed E-state index contributed by atoms with van der Waals surface area (Å²) in [5.41, 5.74) is 7.25. The van der Waals surface area contributed by atoms with Gasteiger partial charge in [-0.25, -0.2) is 0 Å². The van der Waals surface area contributed by atoms with Crippen LogP contribution in [0.1, 0.15) is 38.2 Å². The summed E-state index contributed by atoms with van der Waals surface area (Å²) in [5, 5.41) is 20.8. The minimum absolute atomic E-state index is 0.0943. The summed E-state index contributed by atoms with van der Waals surface area (Å²) in [6.07, 6.45) is 0. The normalized spacial score (nSPS) is 11.2. The molecule has 146 valence electrons. The van der Waals surface area contributed by atoms with Gasteiger partial charge in [-0.15, -0.1) is 0 Å². The van der Waals surface area contributed by atoms with E-state index in [0.717, 1.165) is 22.1 Å². The number of phenols is 2. The summed E-state index contributed by atoms with van der Waals surface area (Å²) in [6.45, 7) is 7.89. The summed E-state index contributed by atoms with van der Waals surface area (Å²) in [4.78, 5) is 16.9. The first-order chi connectivity index (χ1) is 13.8. The molecule has 4 aromatic rings. The fourth-order valence-corrected chi connectivity index (χ4v) is 3.71. The largest absolute Gasteiger partial charge is 0.508 e. The molecule has 4 heteroatoms. The van der Waals surface area contributed by atoms with Gasteiger partial charge >= 0.3 is 0 Å². The van der Waals surface area contributed by atoms with Gasteiger partial charge in [0.1, 0.15) is 11.5 Å². The lowest BCUT2D eigenvalue weighted by atomic mass is 9.93. The number of aryl methyl sites for hydroxylation is 3. The molecular formula is C25H23NO3. The Morgan fingerprint density at radius 1 is 0.828 bits per heavy atom. The lowest BCUT2D eigenvalue weighted by Gasteiger charge is -2.10. The molecule has 0 saturated carbocycles. The zero-order valence-corrected chi connectivity index (χ0v) is 16.9. The lowest BCUT2D eigenvalue weighted by Crippen LogP contribution is -2.05. The number of fused-ring (bicyclic) bond motifs is 1. The van der Waals surface area contributed by atoms with Gasteiger partial charge in [-0.3, -0.25) is 4.79 Å². The highest BCUT2D eigenvalue weighted by Crippen LogP contribution is 2.36. The van der Waals surface area contributed by atoms with Crippen LogP contribution in [0.3, 0.4) is 0 Å². The van der Waals surface area contributed by atoms with Gasteiger partial charge in [0.25, 0.3) is 0 Å². The maximum atomic E-state index is 13.6. The van der Waals surface area contributed by atoms with Gasteiger partial charge < -0.3 is 15.2 Å². The Kier molecular flexibility index (Phi) is 4.42. The SMILES string of the molecule is Cc1ccc(-c2[nH]c3cc(O)ccc3c2C(=O)c2cc(C)c(C)c(C)c2)cc1O. The van der Waals surface area contributed by atoms with E-state index in [9.17, 15) is 15.0 Å². The van der Waals surface area contributed by atoms with Crippen molar-refractivity contribution in [2.24, 2.45) is 0 Å². The molecule has 3 N–H and O–H groups in total. The number of carbonyl (C=O) groups is 1. The van der Waals surface area contributed by atoms with Crippen molar-refractivity contribution in [3.05, 3.63) is 81.9 Å². The number of H-pyrrole nitrogens is 1. The third-order valence-corrected chi connectivity index (χ3v) is 5.70. The van der Waals surface area contributed by atoms with Crippen molar-refractivity contribution in [1.82, 2.24) is 4.98 Å². The molecular weight excluding hydrogens is 362 g/mol. The second kappa shape index (κ2) is 6.82. The molecule has 29 heavy (non-hydrogen) atoms. The van der Waals surface area contributed by atoms with Gasteiger partial charge in [0.2, 0.25) is 0 Å². The van der Waals surface area contributed by atoms with Gasteiger partial charge in [-0.2, -0.15) is 0 Å². The van der Waals surface area contributed by atoms with Crippen molar-refractivity contribution >= 4 is 16.7 Å². The lowest BCUT2D eigenvalue weighted by molar-refractivity contribution is 0.104. The van der Waals surface area contributed by atoms with Crippen molar-refractivity contribution in [1.29, 1.82) is 0 Å². The zero-order chi connectivity index (χ0) is 20.9. The average Bonchev–Trinajstić information content (AvgIpc) is 3.05. The molecule has 0 amide bonds. The molecule has 0 atom stereocenters. The molecule has 0 aliphatic carbocycles. The molecule has 0 aliphatic heterocycles. The molecule has 0 radical (unpaired) electrons. The number of ketones is 1. The maximum Gasteiger partial charge on any atom is 0.195 e. The number of hydrogen-bond acceptors (Lipinski definition) is 3. The molecule has 1 heterocycles. The van der Waals surface area contributed by atoms with E-state index in [4.69, 9.17) is 0 Å². The minimum atomic E-state index is -0.0943. The predicted molar refractivity (Wildman–Crippen MR) is 116 cm³/mol.